The van der Waals surface area contributed by atoms with Gasteiger partial charge in [-0.2, -0.15) is 13.2 Å². The summed E-state index contributed by atoms with van der Waals surface area (Å²) in [6.45, 7) is 2.21. The molecule has 0 aromatic rings. The second-order valence-electron chi connectivity index (χ2n) is 4.82. The molecular formula is C12H19F3N2O4. The number of aliphatic hydroxyl groups is 1. The van der Waals surface area contributed by atoms with Crippen molar-refractivity contribution in [2.24, 2.45) is 0 Å². The second-order valence-corrected chi connectivity index (χ2v) is 4.82. The van der Waals surface area contributed by atoms with Crippen molar-refractivity contribution in [3.8, 4) is 0 Å². The third-order valence-electron chi connectivity index (χ3n) is 3.11. The molecule has 3 atom stereocenters. The van der Waals surface area contributed by atoms with E-state index in [1.165, 1.54) is 0 Å². The first kappa shape index (κ1) is 17.7. The van der Waals surface area contributed by atoms with Gasteiger partial charge in [-0.15, -0.1) is 0 Å². The molecule has 0 radical (unpaired) electrons. The van der Waals surface area contributed by atoms with Crippen LogP contribution in [0.3, 0.4) is 0 Å². The van der Waals surface area contributed by atoms with Gasteiger partial charge in [-0.05, 0) is 6.42 Å². The van der Waals surface area contributed by atoms with Crippen LogP contribution >= 0.6 is 0 Å². The average Bonchev–Trinajstić information content (AvgIpc) is 2.75. The van der Waals surface area contributed by atoms with Crippen molar-refractivity contribution < 1.29 is 32.6 Å². The van der Waals surface area contributed by atoms with Crippen LogP contribution in [0.1, 0.15) is 26.2 Å². The van der Waals surface area contributed by atoms with Gasteiger partial charge in [0.05, 0.1) is 0 Å². The normalized spacial score (nSPS) is 25.7. The zero-order valence-electron chi connectivity index (χ0n) is 11.6. The van der Waals surface area contributed by atoms with Crippen LogP contribution in [0.5, 0.6) is 0 Å². The molecule has 6 nitrogen and oxygen atoms in total. The van der Waals surface area contributed by atoms with Gasteiger partial charge in [-0.3, -0.25) is 10.1 Å². The minimum atomic E-state index is -5.12. The van der Waals surface area contributed by atoms with Crippen LogP contribution < -0.4 is 10.6 Å². The topological polar surface area (TPSA) is 87.7 Å². The summed E-state index contributed by atoms with van der Waals surface area (Å²) in [6.07, 6.45) is -5.34. The van der Waals surface area contributed by atoms with E-state index in [2.05, 4.69) is 15.4 Å². The molecule has 122 valence electrons. The van der Waals surface area contributed by atoms with Gasteiger partial charge in [0.25, 0.3) is 0 Å². The quantitative estimate of drug-likeness (QED) is 0.478. The number of carbonyl (C=O) groups is 2. The van der Waals surface area contributed by atoms with Crippen LogP contribution in [0.2, 0.25) is 0 Å². The number of unbranched alkanes of at least 4 members (excludes halogenated alkanes) is 2. The first-order valence-electron chi connectivity index (χ1n) is 6.74. The van der Waals surface area contributed by atoms with Crippen LogP contribution in [0, 0.1) is 0 Å². The smallest absolute Gasteiger partial charge is 0.452 e. The van der Waals surface area contributed by atoms with E-state index in [4.69, 9.17) is 0 Å². The number of nitrogens with one attached hydrogen (secondary N) is 2. The van der Waals surface area contributed by atoms with Gasteiger partial charge < -0.3 is 15.2 Å². The Hall–Kier alpha value is -1.35. The number of halogens is 3. The first-order valence-corrected chi connectivity index (χ1v) is 6.74. The van der Waals surface area contributed by atoms with E-state index in [1.54, 1.807) is 0 Å². The lowest BCUT2D eigenvalue weighted by Gasteiger charge is -2.19. The molecule has 0 saturated carbocycles. The molecule has 1 heterocycles. The van der Waals surface area contributed by atoms with Crippen LogP contribution in [0.15, 0.2) is 0 Å². The predicted octanol–water partition coefficient (Wildman–Crippen LogP) is 0.0996. The van der Waals surface area contributed by atoms with E-state index in [0.29, 0.717) is 6.54 Å². The molecule has 1 amide bonds. The van der Waals surface area contributed by atoms with E-state index in [-0.39, 0.29) is 6.54 Å². The number of carbonyl (C=O) groups excluding carboxylic acids is 2. The van der Waals surface area contributed by atoms with Crippen molar-refractivity contribution in [2.75, 3.05) is 13.1 Å². The van der Waals surface area contributed by atoms with Gasteiger partial charge in [0.1, 0.15) is 18.2 Å². The third kappa shape index (κ3) is 5.16. The van der Waals surface area contributed by atoms with Gasteiger partial charge in [0.2, 0.25) is 5.91 Å². The minimum Gasteiger partial charge on any atom is -0.452 e. The maximum Gasteiger partial charge on any atom is 0.490 e. The lowest BCUT2D eigenvalue weighted by Crippen LogP contribution is -2.47. The highest BCUT2D eigenvalue weighted by molar-refractivity contribution is 5.83. The van der Waals surface area contributed by atoms with Crippen LogP contribution in [0.4, 0.5) is 13.2 Å². The summed E-state index contributed by atoms with van der Waals surface area (Å²) in [6, 6.07) is -1.09. The van der Waals surface area contributed by atoms with Gasteiger partial charge in [-0.25, -0.2) is 4.79 Å². The highest BCUT2D eigenvalue weighted by Gasteiger charge is 2.47. The van der Waals surface area contributed by atoms with Gasteiger partial charge in [0, 0.05) is 13.1 Å². The molecule has 1 aliphatic heterocycles. The Labute approximate surface area is 120 Å². The summed E-state index contributed by atoms with van der Waals surface area (Å²) in [5, 5.41) is 14.9. The molecule has 0 aromatic heterocycles. The molecule has 21 heavy (non-hydrogen) atoms. The fraction of sp³-hybridized carbons (Fsp3) is 0.833. The first-order chi connectivity index (χ1) is 9.77. The van der Waals surface area contributed by atoms with Crippen molar-refractivity contribution in [1.82, 2.24) is 10.6 Å². The number of hydrogen-bond donors (Lipinski definition) is 3. The fourth-order valence-electron chi connectivity index (χ4n) is 1.96. The minimum absolute atomic E-state index is 0.212. The molecule has 1 saturated heterocycles. The van der Waals surface area contributed by atoms with E-state index in [0.717, 1.165) is 19.3 Å². The molecule has 1 fully saturated rings. The number of ether oxygens (including phenoxy) is 1. The number of hydrogen-bond acceptors (Lipinski definition) is 5. The third-order valence-corrected chi connectivity index (χ3v) is 3.11. The van der Waals surface area contributed by atoms with Gasteiger partial charge in [0.15, 0.2) is 0 Å². The second kappa shape index (κ2) is 7.60. The lowest BCUT2D eigenvalue weighted by molar-refractivity contribution is -0.207. The zero-order valence-corrected chi connectivity index (χ0v) is 11.6. The molecule has 1 aliphatic rings. The number of amides is 1. The standard InChI is InChI=1S/C12H19F3N2O4/c1-2-3-4-5-16-10(19)8-9(18)7(6-17-8)21-11(20)12(13,14)15/h7-9,17-18H,2-6H2,1H3,(H,16,19)/t7?,8-,9+/m0/s1. The number of esters is 1. The molecular weight excluding hydrogens is 293 g/mol. The largest absolute Gasteiger partial charge is 0.490 e. The molecule has 0 bridgehead atoms. The summed E-state index contributed by atoms with van der Waals surface area (Å²) < 4.78 is 40.4. The Morgan fingerprint density at radius 3 is 2.62 bits per heavy atom. The fourth-order valence-corrected chi connectivity index (χ4v) is 1.96. The van der Waals surface area contributed by atoms with E-state index >= 15 is 0 Å². The molecule has 1 unspecified atom stereocenters. The highest BCUT2D eigenvalue weighted by Crippen LogP contribution is 2.20. The number of rotatable bonds is 6. The summed E-state index contributed by atoms with van der Waals surface area (Å²) in [5.74, 6) is -2.90. The Kier molecular flexibility index (Phi) is 6.41. The van der Waals surface area contributed by atoms with Crippen LogP contribution in [-0.2, 0) is 14.3 Å². The van der Waals surface area contributed by atoms with E-state index in [1.807, 2.05) is 6.92 Å². The monoisotopic (exact) mass is 312 g/mol. The summed E-state index contributed by atoms with van der Waals surface area (Å²) in [4.78, 5) is 22.5. The van der Waals surface area contributed by atoms with Gasteiger partial charge in [-0.1, -0.05) is 19.8 Å². The maximum atomic E-state index is 12.1. The Morgan fingerprint density at radius 1 is 1.38 bits per heavy atom. The van der Waals surface area contributed by atoms with Crippen molar-refractivity contribution >= 4 is 11.9 Å². The van der Waals surface area contributed by atoms with Crippen molar-refractivity contribution in [3.63, 3.8) is 0 Å². The molecule has 0 aliphatic carbocycles. The van der Waals surface area contributed by atoms with E-state index in [9.17, 15) is 27.9 Å². The van der Waals surface area contributed by atoms with Crippen LogP contribution in [0.25, 0.3) is 0 Å². The number of aliphatic hydroxyl groups excluding tert-OH is 1. The van der Waals surface area contributed by atoms with Crippen molar-refractivity contribution in [1.29, 1.82) is 0 Å². The molecule has 0 aromatic carbocycles. The van der Waals surface area contributed by atoms with Gasteiger partial charge >= 0.3 is 12.1 Å². The molecule has 9 heteroatoms. The highest BCUT2D eigenvalue weighted by atomic mass is 19.4. The Balaban J connectivity index is 2.43. The number of alkyl halides is 3. The average molecular weight is 312 g/mol. The van der Waals surface area contributed by atoms with E-state index < -0.39 is 36.3 Å². The predicted molar refractivity (Wildman–Crippen MR) is 66.3 cm³/mol. The maximum absolute atomic E-state index is 12.1. The molecule has 1 rings (SSSR count). The summed E-state index contributed by atoms with van der Waals surface area (Å²) in [7, 11) is 0. The molecule has 0 spiro atoms. The summed E-state index contributed by atoms with van der Waals surface area (Å²) >= 11 is 0. The Bertz CT molecular complexity index is 376. The van der Waals surface area contributed by atoms with Crippen LogP contribution in [-0.4, -0.2) is 54.5 Å². The SMILES string of the molecule is CCCCCNC(=O)[C@H]1NCC(OC(=O)C(F)(F)F)[C@H]1O. The van der Waals surface area contributed by atoms with Crippen molar-refractivity contribution in [3.05, 3.63) is 0 Å². The summed E-state index contributed by atoms with van der Waals surface area (Å²) in [5.41, 5.74) is 0. The lowest BCUT2D eigenvalue weighted by atomic mass is 10.1. The Morgan fingerprint density at radius 2 is 2.05 bits per heavy atom. The molecule has 3 N–H and O–H groups in total. The zero-order chi connectivity index (χ0) is 16.0. The van der Waals surface area contributed by atoms with Crippen molar-refractivity contribution in [2.45, 2.75) is 50.6 Å².